The first kappa shape index (κ1) is 15.3. The van der Waals surface area contributed by atoms with E-state index in [4.69, 9.17) is 0 Å². The normalized spacial score (nSPS) is 19.7. The van der Waals surface area contributed by atoms with Crippen LogP contribution in [-0.2, 0) is 17.5 Å². The Labute approximate surface area is 117 Å². The Hall–Kier alpha value is -2.12. The number of urea groups is 1. The number of imide groups is 1. The minimum Gasteiger partial charge on any atom is -0.315 e. The molecule has 2 rings (SSSR count). The minimum absolute atomic E-state index is 0.0957. The minimum atomic E-state index is -4.73. The van der Waals surface area contributed by atoms with Crippen molar-refractivity contribution in [2.75, 3.05) is 0 Å². The Morgan fingerprint density at radius 3 is 2.57 bits per heavy atom. The van der Waals surface area contributed by atoms with E-state index in [-0.39, 0.29) is 6.42 Å². The number of nitrogens with zero attached hydrogens (tertiary/aromatic N) is 2. The van der Waals surface area contributed by atoms with Crippen LogP contribution in [-0.4, -0.2) is 22.9 Å². The fourth-order valence-electron chi connectivity index (χ4n) is 2.15. The lowest BCUT2D eigenvalue weighted by molar-refractivity contribution is -0.139. The zero-order valence-corrected chi connectivity index (χ0v) is 10.9. The maximum Gasteiger partial charge on any atom is 0.416 e. The highest BCUT2D eigenvalue weighted by molar-refractivity contribution is 5.96. The second-order valence-electron chi connectivity index (χ2n) is 4.73. The molecule has 0 spiro atoms. The maximum absolute atomic E-state index is 13.7. The molecule has 0 saturated carbocycles. The summed E-state index contributed by atoms with van der Waals surface area (Å²) in [5, 5.41) is 3.18. The van der Waals surface area contributed by atoms with Gasteiger partial charge in [0.05, 0.1) is 12.1 Å². The van der Waals surface area contributed by atoms with Gasteiger partial charge in [-0.25, -0.2) is 9.18 Å². The third kappa shape index (κ3) is 3.14. The van der Waals surface area contributed by atoms with E-state index < -0.39 is 47.6 Å². The van der Waals surface area contributed by atoms with Gasteiger partial charge in [0.2, 0.25) is 0 Å². The van der Waals surface area contributed by atoms with Crippen LogP contribution in [0.25, 0.3) is 0 Å². The van der Waals surface area contributed by atoms with Crippen molar-refractivity contribution < 1.29 is 27.2 Å². The number of amides is 3. The fourth-order valence-corrected chi connectivity index (χ4v) is 2.15. The van der Waals surface area contributed by atoms with Gasteiger partial charge in [-0.1, -0.05) is 6.07 Å². The first-order chi connectivity index (χ1) is 9.70. The summed E-state index contributed by atoms with van der Waals surface area (Å²) in [6.07, 6.45) is -4.83. The molecule has 1 aromatic carbocycles. The Balaban J connectivity index is 2.35. The summed E-state index contributed by atoms with van der Waals surface area (Å²) in [4.78, 5) is 23.7. The molecule has 1 aliphatic rings. The summed E-state index contributed by atoms with van der Waals surface area (Å²) in [6.45, 7) is 0.914. The molecule has 1 radical (unpaired) electrons. The first-order valence-corrected chi connectivity index (χ1v) is 6.10. The lowest BCUT2D eigenvalue weighted by Crippen LogP contribution is -2.50. The van der Waals surface area contributed by atoms with Crippen molar-refractivity contribution in [3.05, 3.63) is 35.1 Å². The molecule has 8 heteroatoms. The molecular weight excluding hydrogens is 292 g/mol. The van der Waals surface area contributed by atoms with E-state index >= 15 is 0 Å². The molecule has 0 bridgehead atoms. The standard InChI is InChI=1S/C13H11F4N2O2/c1-7-5-11(20)18-12(21)19(7)6-8-9(13(15,16)17)3-2-4-10(8)14/h2-4,7H,5-6H2,1H3. The highest BCUT2D eigenvalue weighted by atomic mass is 19.4. The van der Waals surface area contributed by atoms with Gasteiger partial charge in [0.25, 0.3) is 5.91 Å². The Bertz CT molecular complexity index is 586. The van der Waals surface area contributed by atoms with Crippen LogP contribution in [0.2, 0.25) is 0 Å². The van der Waals surface area contributed by atoms with Gasteiger partial charge >= 0.3 is 12.2 Å². The van der Waals surface area contributed by atoms with Crippen molar-refractivity contribution in [1.82, 2.24) is 10.2 Å². The average molecular weight is 303 g/mol. The Morgan fingerprint density at radius 1 is 1.33 bits per heavy atom. The maximum atomic E-state index is 13.7. The largest absolute Gasteiger partial charge is 0.416 e. The third-order valence-corrected chi connectivity index (χ3v) is 3.22. The van der Waals surface area contributed by atoms with Crippen molar-refractivity contribution in [2.24, 2.45) is 0 Å². The predicted molar refractivity (Wildman–Crippen MR) is 63.6 cm³/mol. The summed E-state index contributed by atoms with van der Waals surface area (Å²) in [5.41, 5.74) is -1.77. The SMILES string of the molecule is CC1CC(=O)[N]C(=O)N1Cc1c(F)cccc1C(F)(F)F. The summed E-state index contributed by atoms with van der Waals surface area (Å²) < 4.78 is 52.4. The van der Waals surface area contributed by atoms with Gasteiger partial charge < -0.3 is 4.90 Å². The van der Waals surface area contributed by atoms with E-state index in [1.807, 2.05) is 0 Å². The van der Waals surface area contributed by atoms with Crippen molar-refractivity contribution in [2.45, 2.75) is 32.1 Å². The highest BCUT2D eigenvalue weighted by Gasteiger charge is 2.37. The molecule has 21 heavy (non-hydrogen) atoms. The number of carbonyl (C=O) groups excluding carboxylic acids is 2. The molecule has 1 aliphatic heterocycles. The van der Waals surface area contributed by atoms with E-state index in [1.165, 1.54) is 6.92 Å². The van der Waals surface area contributed by atoms with Crippen LogP contribution >= 0.6 is 0 Å². The van der Waals surface area contributed by atoms with Gasteiger partial charge in [-0.05, 0) is 19.1 Å². The second-order valence-corrected chi connectivity index (χ2v) is 4.73. The van der Waals surface area contributed by atoms with E-state index in [0.717, 1.165) is 23.1 Å². The van der Waals surface area contributed by atoms with Crippen molar-refractivity contribution in [3.63, 3.8) is 0 Å². The number of halogens is 4. The fraction of sp³-hybridized carbons (Fsp3) is 0.385. The molecule has 113 valence electrons. The van der Waals surface area contributed by atoms with Gasteiger partial charge in [0.1, 0.15) is 5.82 Å². The van der Waals surface area contributed by atoms with E-state index in [0.29, 0.717) is 0 Å². The molecule has 1 aromatic rings. The van der Waals surface area contributed by atoms with Crippen LogP contribution in [0, 0.1) is 5.82 Å². The predicted octanol–water partition coefficient (Wildman–Crippen LogP) is 2.69. The zero-order valence-electron chi connectivity index (χ0n) is 10.9. The lowest BCUT2D eigenvalue weighted by atomic mass is 10.0. The molecule has 1 heterocycles. The van der Waals surface area contributed by atoms with Crippen LogP contribution in [0.1, 0.15) is 24.5 Å². The molecular formula is C13H11F4N2O2. The monoisotopic (exact) mass is 303 g/mol. The molecule has 0 aliphatic carbocycles. The smallest absolute Gasteiger partial charge is 0.315 e. The van der Waals surface area contributed by atoms with Crippen LogP contribution in [0.15, 0.2) is 18.2 Å². The zero-order chi connectivity index (χ0) is 15.8. The topological polar surface area (TPSA) is 51.5 Å². The van der Waals surface area contributed by atoms with Gasteiger partial charge in [0, 0.05) is 18.0 Å². The van der Waals surface area contributed by atoms with E-state index in [2.05, 4.69) is 5.32 Å². The molecule has 1 saturated heterocycles. The van der Waals surface area contributed by atoms with Gasteiger partial charge in [0.15, 0.2) is 0 Å². The molecule has 0 aromatic heterocycles. The Morgan fingerprint density at radius 2 is 2.00 bits per heavy atom. The van der Waals surface area contributed by atoms with Gasteiger partial charge in [-0.15, -0.1) is 0 Å². The van der Waals surface area contributed by atoms with Crippen molar-refractivity contribution in [3.8, 4) is 0 Å². The molecule has 4 nitrogen and oxygen atoms in total. The molecule has 1 atom stereocenters. The summed E-state index contributed by atoms with van der Waals surface area (Å²) in [6, 6.07) is 1.02. The summed E-state index contributed by atoms with van der Waals surface area (Å²) in [5.74, 6) is -1.69. The second kappa shape index (κ2) is 5.34. The first-order valence-electron chi connectivity index (χ1n) is 6.10. The molecule has 1 unspecified atom stereocenters. The van der Waals surface area contributed by atoms with Crippen LogP contribution in [0.5, 0.6) is 0 Å². The quantitative estimate of drug-likeness (QED) is 0.789. The number of rotatable bonds is 2. The van der Waals surface area contributed by atoms with Gasteiger partial charge in [-0.2, -0.15) is 18.5 Å². The lowest BCUT2D eigenvalue weighted by Gasteiger charge is -2.32. The van der Waals surface area contributed by atoms with E-state index in [9.17, 15) is 27.2 Å². The molecule has 0 N–H and O–H groups in total. The summed E-state index contributed by atoms with van der Waals surface area (Å²) in [7, 11) is 0. The number of hydrogen-bond donors (Lipinski definition) is 0. The molecule has 3 amide bonds. The van der Waals surface area contributed by atoms with Crippen LogP contribution in [0.4, 0.5) is 22.4 Å². The number of carbonyl (C=O) groups is 2. The average Bonchev–Trinajstić information content (AvgIpc) is 2.33. The van der Waals surface area contributed by atoms with Crippen molar-refractivity contribution in [1.29, 1.82) is 0 Å². The molecule has 1 fully saturated rings. The highest BCUT2D eigenvalue weighted by Crippen LogP contribution is 2.34. The van der Waals surface area contributed by atoms with E-state index in [1.54, 1.807) is 0 Å². The Kier molecular flexibility index (Phi) is 3.89. The summed E-state index contributed by atoms with van der Waals surface area (Å²) >= 11 is 0. The number of benzene rings is 1. The van der Waals surface area contributed by atoms with Crippen molar-refractivity contribution >= 4 is 11.9 Å². The number of alkyl halides is 3. The van der Waals surface area contributed by atoms with Crippen LogP contribution in [0.3, 0.4) is 0 Å². The number of hydrogen-bond acceptors (Lipinski definition) is 2. The van der Waals surface area contributed by atoms with Crippen LogP contribution < -0.4 is 5.32 Å². The third-order valence-electron chi connectivity index (χ3n) is 3.22. The van der Waals surface area contributed by atoms with Gasteiger partial charge in [-0.3, -0.25) is 4.79 Å².